The number of amides is 1. The second-order valence-corrected chi connectivity index (χ2v) is 7.24. The first kappa shape index (κ1) is 22.7. The molecule has 9 nitrogen and oxygen atoms in total. The summed E-state index contributed by atoms with van der Waals surface area (Å²) in [5, 5.41) is 5.78. The van der Waals surface area contributed by atoms with E-state index in [0.29, 0.717) is 52.6 Å². The van der Waals surface area contributed by atoms with E-state index in [1.54, 1.807) is 43.6 Å². The summed E-state index contributed by atoms with van der Waals surface area (Å²) in [5.74, 6) is 2.09. The number of ether oxygens (including phenoxy) is 2. The summed E-state index contributed by atoms with van der Waals surface area (Å²) in [7, 11) is 1.73. The Bertz CT molecular complexity index is 1310. The predicted octanol–water partition coefficient (Wildman–Crippen LogP) is 4.73. The minimum Gasteiger partial charge on any atom is -0.494 e. The molecule has 0 saturated carbocycles. The molecule has 1 amide bonds. The maximum Gasteiger partial charge on any atom is 0.255 e. The number of hydrogen-bond donors (Lipinski definition) is 2. The Morgan fingerprint density at radius 3 is 2.74 bits per heavy atom. The number of benzene rings is 2. The van der Waals surface area contributed by atoms with E-state index in [1.165, 1.54) is 6.33 Å². The zero-order chi connectivity index (χ0) is 23.9. The molecule has 0 atom stereocenters. The topological polar surface area (TPSA) is 111 Å². The van der Waals surface area contributed by atoms with Crippen molar-refractivity contribution < 1.29 is 14.3 Å². The second-order valence-electron chi connectivity index (χ2n) is 7.24. The smallest absolute Gasteiger partial charge is 0.255 e. The quantitative estimate of drug-likeness (QED) is 0.392. The minimum atomic E-state index is -0.268. The highest BCUT2D eigenvalue weighted by atomic mass is 16.5. The Hall–Kier alpha value is -4.53. The Labute approximate surface area is 197 Å². The number of anilines is 2. The zero-order valence-corrected chi connectivity index (χ0v) is 19.1. The van der Waals surface area contributed by atoms with Crippen molar-refractivity contribution in [2.24, 2.45) is 0 Å². The van der Waals surface area contributed by atoms with Gasteiger partial charge in [-0.1, -0.05) is 12.1 Å². The van der Waals surface area contributed by atoms with E-state index in [0.717, 1.165) is 5.56 Å². The lowest BCUT2D eigenvalue weighted by Crippen LogP contribution is -2.12. The predicted molar refractivity (Wildman–Crippen MR) is 129 cm³/mol. The fraction of sp³-hybridized carbons (Fsp3) is 0.160. The van der Waals surface area contributed by atoms with Crippen LogP contribution in [0.1, 0.15) is 22.8 Å². The third-order valence-electron chi connectivity index (χ3n) is 4.87. The molecule has 0 aliphatic heterocycles. The van der Waals surface area contributed by atoms with Crippen LogP contribution in [-0.2, 0) is 0 Å². The van der Waals surface area contributed by atoms with Crippen LogP contribution in [0.15, 0.2) is 67.1 Å². The molecule has 4 rings (SSSR count). The first-order valence-electron chi connectivity index (χ1n) is 10.7. The fourth-order valence-electron chi connectivity index (χ4n) is 3.18. The molecule has 4 aromatic rings. The number of hydrogen-bond acceptors (Lipinski definition) is 8. The Morgan fingerprint density at radius 2 is 1.91 bits per heavy atom. The first-order chi connectivity index (χ1) is 16.6. The summed E-state index contributed by atoms with van der Waals surface area (Å²) < 4.78 is 11.6. The lowest BCUT2D eigenvalue weighted by Gasteiger charge is -2.13. The SMILES string of the molecule is CCOc1cccc(NC(=O)c2ccc(C)c(Oc3ncccc3-c3ncnc(NC)n3)c2)c1. The highest BCUT2D eigenvalue weighted by molar-refractivity contribution is 6.04. The molecule has 0 unspecified atom stereocenters. The normalized spacial score (nSPS) is 10.4. The molecular formula is C25H24N6O3. The monoisotopic (exact) mass is 456 g/mol. The lowest BCUT2D eigenvalue weighted by molar-refractivity contribution is 0.102. The van der Waals surface area contributed by atoms with Gasteiger partial charge < -0.3 is 20.1 Å². The number of carbonyl (C=O) groups excluding carboxylic acids is 1. The van der Waals surface area contributed by atoms with Gasteiger partial charge in [0.2, 0.25) is 11.8 Å². The van der Waals surface area contributed by atoms with Crippen molar-refractivity contribution in [2.45, 2.75) is 13.8 Å². The largest absolute Gasteiger partial charge is 0.494 e. The maximum absolute atomic E-state index is 12.9. The fourth-order valence-corrected chi connectivity index (χ4v) is 3.18. The van der Waals surface area contributed by atoms with E-state index >= 15 is 0 Å². The van der Waals surface area contributed by atoms with Gasteiger partial charge >= 0.3 is 0 Å². The average Bonchev–Trinajstić information content (AvgIpc) is 2.86. The molecule has 0 saturated heterocycles. The van der Waals surface area contributed by atoms with Crippen LogP contribution in [-0.4, -0.2) is 39.5 Å². The van der Waals surface area contributed by atoms with Crippen LogP contribution >= 0.6 is 0 Å². The van der Waals surface area contributed by atoms with Gasteiger partial charge in [-0.25, -0.2) is 15.0 Å². The van der Waals surface area contributed by atoms with E-state index < -0.39 is 0 Å². The van der Waals surface area contributed by atoms with Crippen molar-refractivity contribution in [3.8, 4) is 28.8 Å². The van der Waals surface area contributed by atoms with E-state index in [-0.39, 0.29) is 5.91 Å². The molecule has 2 aromatic carbocycles. The number of aryl methyl sites for hydroxylation is 1. The van der Waals surface area contributed by atoms with Gasteiger partial charge in [-0.2, -0.15) is 4.98 Å². The van der Waals surface area contributed by atoms with Crippen molar-refractivity contribution in [3.63, 3.8) is 0 Å². The summed E-state index contributed by atoms with van der Waals surface area (Å²) >= 11 is 0. The van der Waals surface area contributed by atoms with Gasteiger partial charge in [0.25, 0.3) is 5.91 Å². The molecule has 0 aliphatic rings. The van der Waals surface area contributed by atoms with E-state index in [4.69, 9.17) is 9.47 Å². The number of aromatic nitrogens is 4. The number of nitrogens with zero attached hydrogens (tertiary/aromatic N) is 4. The van der Waals surface area contributed by atoms with Crippen LogP contribution in [0.4, 0.5) is 11.6 Å². The third-order valence-corrected chi connectivity index (χ3v) is 4.87. The van der Waals surface area contributed by atoms with Gasteiger partial charge in [0, 0.05) is 30.6 Å². The van der Waals surface area contributed by atoms with Crippen molar-refractivity contribution in [1.82, 2.24) is 19.9 Å². The summed E-state index contributed by atoms with van der Waals surface area (Å²) in [4.78, 5) is 29.9. The summed E-state index contributed by atoms with van der Waals surface area (Å²) in [6, 6.07) is 16.1. The summed E-state index contributed by atoms with van der Waals surface area (Å²) in [6.07, 6.45) is 3.04. The Morgan fingerprint density at radius 1 is 1.03 bits per heavy atom. The molecular weight excluding hydrogens is 432 g/mol. The molecule has 0 radical (unpaired) electrons. The molecule has 0 bridgehead atoms. The van der Waals surface area contributed by atoms with Gasteiger partial charge in [-0.3, -0.25) is 4.79 Å². The third kappa shape index (κ3) is 5.26. The maximum atomic E-state index is 12.9. The van der Waals surface area contributed by atoms with Crippen LogP contribution < -0.4 is 20.1 Å². The Kier molecular flexibility index (Phi) is 6.92. The van der Waals surface area contributed by atoms with Crippen LogP contribution in [0.3, 0.4) is 0 Å². The van der Waals surface area contributed by atoms with E-state index in [9.17, 15) is 4.79 Å². The molecule has 0 spiro atoms. The number of carbonyl (C=O) groups is 1. The van der Waals surface area contributed by atoms with Crippen molar-refractivity contribution in [1.29, 1.82) is 0 Å². The van der Waals surface area contributed by atoms with E-state index in [2.05, 4.69) is 30.6 Å². The highest BCUT2D eigenvalue weighted by Gasteiger charge is 2.15. The van der Waals surface area contributed by atoms with Gasteiger partial charge in [-0.05, 0) is 55.8 Å². The van der Waals surface area contributed by atoms with Crippen molar-refractivity contribution in [2.75, 3.05) is 24.3 Å². The number of rotatable bonds is 8. The summed E-state index contributed by atoms with van der Waals surface area (Å²) in [5.41, 5.74) is 2.53. The molecule has 9 heteroatoms. The van der Waals surface area contributed by atoms with E-state index in [1.807, 2.05) is 38.1 Å². The average molecular weight is 457 g/mol. The van der Waals surface area contributed by atoms with Gasteiger partial charge in [-0.15, -0.1) is 0 Å². The van der Waals surface area contributed by atoms with Crippen LogP contribution in [0.2, 0.25) is 0 Å². The first-order valence-corrected chi connectivity index (χ1v) is 10.7. The molecule has 0 fully saturated rings. The molecule has 2 aromatic heterocycles. The van der Waals surface area contributed by atoms with Crippen LogP contribution in [0.5, 0.6) is 17.4 Å². The Balaban J connectivity index is 1.59. The number of pyridine rings is 1. The van der Waals surface area contributed by atoms with Crippen LogP contribution in [0, 0.1) is 6.92 Å². The van der Waals surface area contributed by atoms with Crippen molar-refractivity contribution in [3.05, 3.63) is 78.2 Å². The second kappa shape index (κ2) is 10.4. The number of nitrogens with one attached hydrogen (secondary N) is 2. The van der Waals surface area contributed by atoms with Gasteiger partial charge in [0.1, 0.15) is 17.8 Å². The zero-order valence-electron chi connectivity index (χ0n) is 19.1. The lowest BCUT2D eigenvalue weighted by atomic mass is 10.1. The molecule has 0 aliphatic carbocycles. The highest BCUT2D eigenvalue weighted by Crippen LogP contribution is 2.32. The van der Waals surface area contributed by atoms with Gasteiger partial charge in [0.15, 0.2) is 5.82 Å². The minimum absolute atomic E-state index is 0.268. The van der Waals surface area contributed by atoms with Crippen molar-refractivity contribution >= 4 is 17.5 Å². The molecule has 2 heterocycles. The molecule has 34 heavy (non-hydrogen) atoms. The van der Waals surface area contributed by atoms with Crippen LogP contribution in [0.25, 0.3) is 11.4 Å². The molecule has 2 N–H and O–H groups in total. The molecule has 172 valence electrons. The summed E-state index contributed by atoms with van der Waals surface area (Å²) in [6.45, 7) is 4.35. The standard InChI is InChI=1S/C25H24N6O3/c1-4-33-19-8-5-7-18(14-19)30-23(32)17-11-10-16(2)21(13-17)34-24-20(9-6-12-27-24)22-28-15-29-25(26-3)31-22/h5-15H,4H2,1-3H3,(H,30,32)(H,26,28,29,31). The van der Waals surface area contributed by atoms with Gasteiger partial charge in [0.05, 0.1) is 12.2 Å².